The number of aryl methyl sites for hydroxylation is 1. The van der Waals surface area contributed by atoms with Gasteiger partial charge in [0.15, 0.2) is 6.61 Å². The van der Waals surface area contributed by atoms with Crippen molar-refractivity contribution in [1.29, 1.82) is 0 Å². The van der Waals surface area contributed by atoms with Crippen LogP contribution in [0, 0.1) is 13.8 Å². The van der Waals surface area contributed by atoms with Gasteiger partial charge in [-0.1, -0.05) is 24.4 Å². The van der Waals surface area contributed by atoms with Gasteiger partial charge in [0, 0.05) is 13.1 Å². The van der Waals surface area contributed by atoms with Crippen LogP contribution in [-0.4, -0.2) is 46.3 Å². The maximum Gasteiger partial charge on any atom is 0.338 e. The van der Waals surface area contributed by atoms with Crippen molar-refractivity contribution >= 4 is 23.5 Å². The summed E-state index contributed by atoms with van der Waals surface area (Å²) in [7, 11) is 0. The Morgan fingerprint density at radius 3 is 2.26 bits per heavy atom. The second-order valence-corrected chi connectivity index (χ2v) is 7.19. The normalized spacial score (nSPS) is 14.7. The molecule has 1 aliphatic heterocycles. The molecule has 2 aromatic rings. The summed E-state index contributed by atoms with van der Waals surface area (Å²) in [6, 6.07) is 6.89. The summed E-state index contributed by atoms with van der Waals surface area (Å²) in [6.45, 7) is 5.01. The van der Waals surface area contributed by atoms with E-state index in [1.165, 1.54) is 0 Å². The van der Waals surface area contributed by atoms with Crippen molar-refractivity contribution in [1.82, 2.24) is 14.7 Å². The zero-order valence-electron chi connectivity index (χ0n) is 15.7. The van der Waals surface area contributed by atoms with Crippen LogP contribution in [0.4, 0.5) is 0 Å². The van der Waals surface area contributed by atoms with E-state index in [9.17, 15) is 9.59 Å². The van der Waals surface area contributed by atoms with Gasteiger partial charge in [-0.15, -0.1) is 0 Å². The number of benzene rings is 1. The van der Waals surface area contributed by atoms with Gasteiger partial charge in [-0.25, -0.2) is 9.48 Å². The Morgan fingerprint density at radius 1 is 1.07 bits per heavy atom. The minimum atomic E-state index is -0.504. The lowest BCUT2D eigenvalue weighted by atomic mass is 10.2. The van der Waals surface area contributed by atoms with Crippen LogP contribution in [0.2, 0.25) is 5.02 Å². The number of likely N-dealkylation sites (tertiary alicyclic amines) is 1. The molecule has 0 bridgehead atoms. The van der Waals surface area contributed by atoms with Gasteiger partial charge >= 0.3 is 5.97 Å². The maximum atomic E-state index is 12.2. The van der Waals surface area contributed by atoms with Gasteiger partial charge < -0.3 is 9.64 Å². The molecule has 1 aliphatic rings. The average Bonchev–Trinajstić information content (AvgIpc) is 2.90. The van der Waals surface area contributed by atoms with Crippen molar-refractivity contribution in [3.05, 3.63) is 46.2 Å². The summed E-state index contributed by atoms with van der Waals surface area (Å²) in [6.07, 6.45) is 4.32. The van der Waals surface area contributed by atoms with E-state index >= 15 is 0 Å². The third kappa shape index (κ3) is 4.50. The topological polar surface area (TPSA) is 64.4 Å². The van der Waals surface area contributed by atoms with Gasteiger partial charge in [0.2, 0.25) is 0 Å². The van der Waals surface area contributed by atoms with Crippen LogP contribution in [0.25, 0.3) is 5.69 Å². The molecule has 0 N–H and O–H groups in total. The largest absolute Gasteiger partial charge is 0.452 e. The fourth-order valence-corrected chi connectivity index (χ4v) is 3.35. The van der Waals surface area contributed by atoms with E-state index in [4.69, 9.17) is 16.3 Å². The highest BCUT2D eigenvalue weighted by molar-refractivity contribution is 6.31. The smallest absolute Gasteiger partial charge is 0.338 e. The first-order valence-electron chi connectivity index (χ1n) is 9.24. The molecule has 0 radical (unpaired) electrons. The van der Waals surface area contributed by atoms with Crippen LogP contribution in [0.1, 0.15) is 47.4 Å². The molecular formula is C20H24ClN3O3. The van der Waals surface area contributed by atoms with E-state index in [0.29, 0.717) is 10.6 Å². The van der Waals surface area contributed by atoms with Crippen LogP contribution in [0.15, 0.2) is 24.3 Å². The number of rotatable bonds is 4. The van der Waals surface area contributed by atoms with Crippen LogP contribution in [0.5, 0.6) is 0 Å². The molecule has 1 aromatic carbocycles. The van der Waals surface area contributed by atoms with E-state index < -0.39 is 5.97 Å². The third-order valence-electron chi connectivity index (χ3n) is 4.84. The Labute approximate surface area is 164 Å². The number of esters is 1. The first kappa shape index (κ1) is 19.4. The molecule has 0 atom stereocenters. The van der Waals surface area contributed by atoms with Crippen molar-refractivity contribution in [2.75, 3.05) is 19.7 Å². The molecule has 2 heterocycles. The molecule has 0 unspecified atom stereocenters. The zero-order chi connectivity index (χ0) is 19.4. The van der Waals surface area contributed by atoms with Gasteiger partial charge in [0.1, 0.15) is 0 Å². The molecule has 1 amide bonds. The highest BCUT2D eigenvalue weighted by atomic mass is 35.5. The Bertz CT molecular complexity index is 822. The van der Waals surface area contributed by atoms with Gasteiger partial charge in [-0.3, -0.25) is 4.79 Å². The first-order valence-corrected chi connectivity index (χ1v) is 9.62. The number of hydrogen-bond donors (Lipinski definition) is 0. The van der Waals surface area contributed by atoms with Crippen LogP contribution < -0.4 is 0 Å². The van der Waals surface area contributed by atoms with Gasteiger partial charge in [-0.2, -0.15) is 5.10 Å². The summed E-state index contributed by atoms with van der Waals surface area (Å²) in [5.74, 6) is -0.629. The van der Waals surface area contributed by atoms with Crippen molar-refractivity contribution in [3.63, 3.8) is 0 Å². The SMILES string of the molecule is Cc1nn(-c2ccc(C(=O)OCC(=O)N3CCCCCC3)cc2)c(C)c1Cl. The lowest BCUT2D eigenvalue weighted by Gasteiger charge is -2.19. The van der Waals surface area contributed by atoms with Crippen molar-refractivity contribution in [2.45, 2.75) is 39.5 Å². The monoisotopic (exact) mass is 389 g/mol. The lowest BCUT2D eigenvalue weighted by molar-refractivity contribution is -0.134. The average molecular weight is 390 g/mol. The molecule has 6 nitrogen and oxygen atoms in total. The molecule has 1 aromatic heterocycles. The molecule has 0 aliphatic carbocycles. The molecule has 3 rings (SSSR count). The van der Waals surface area contributed by atoms with Gasteiger partial charge in [-0.05, 0) is 51.0 Å². The van der Waals surface area contributed by atoms with E-state index in [-0.39, 0.29) is 12.5 Å². The second kappa shape index (κ2) is 8.57. The number of amides is 1. The second-order valence-electron chi connectivity index (χ2n) is 6.81. The van der Waals surface area contributed by atoms with E-state index in [2.05, 4.69) is 5.10 Å². The fourth-order valence-electron chi connectivity index (χ4n) is 3.24. The summed E-state index contributed by atoms with van der Waals surface area (Å²) in [4.78, 5) is 26.2. The van der Waals surface area contributed by atoms with Crippen LogP contribution in [0.3, 0.4) is 0 Å². The number of aromatic nitrogens is 2. The van der Waals surface area contributed by atoms with Crippen molar-refractivity contribution < 1.29 is 14.3 Å². The number of hydrogen-bond acceptors (Lipinski definition) is 4. The molecular weight excluding hydrogens is 366 g/mol. The maximum absolute atomic E-state index is 12.2. The Hall–Kier alpha value is -2.34. The highest BCUT2D eigenvalue weighted by Crippen LogP contribution is 2.22. The molecule has 1 fully saturated rings. The van der Waals surface area contributed by atoms with Gasteiger partial charge in [0.25, 0.3) is 5.91 Å². The number of carbonyl (C=O) groups excluding carboxylic acids is 2. The Kier molecular flexibility index (Phi) is 6.16. The number of carbonyl (C=O) groups is 2. The molecule has 144 valence electrons. The summed E-state index contributed by atoms with van der Waals surface area (Å²) < 4.78 is 6.93. The van der Waals surface area contributed by atoms with Crippen LogP contribution in [-0.2, 0) is 9.53 Å². The summed E-state index contributed by atoms with van der Waals surface area (Å²) >= 11 is 6.18. The summed E-state index contributed by atoms with van der Waals surface area (Å²) in [5, 5.41) is 5.02. The molecule has 0 spiro atoms. The minimum Gasteiger partial charge on any atom is -0.452 e. The fraction of sp³-hybridized carbons (Fsp3) is 0.450. The van der Waals surface area contributed by atoms with E-state index in [1.807, 2.05) is 13.8 Å². The molecule has 27 heavy (non-hydrogen) atoms. The molecule has 1 saturated heterocycles. The first-order chi connectivity index (χ1) is 13.0. The number of halogens is 1. The van der Waals surface area contributed by atoms with E-state index in [1.54, 1.807) is 33.8 Å². The quantitative estimate of drug-likeness (QED) is 0.748. The number of ether oxygens (including phenoxy) is 1. The number of nitrogens with zero attached hydrogens (tertiary/aromatic N) is 3. The Morgan fingerprint density at radius 2 is 1.70 bits per heavy atom. The third-order valence-corrected chi connectivity index (χ3v) is 5.38. The lowest BCUT2D eigenvalue weighted by Crippen LogP contribution is -2.35. The van der Waals surface area contributed by atoms with Crippen LogP contribution >= 0.6 is 11.6 Å². The predicted octanol–water partition coefficient (Wildman–Crippen LogP) is 3.70. The van der Waals surface area contributed by atoms with Gasteiger partial charge in [0.05, 0.1) is 27.7 Å². The summed E-state index contributed by atoms with van der Waals surface area (Å²) in [5.41, 5.74) is 2.80. The molecule has 0 saturated carbocycles. The zero-order valence-corrected chi connectivity index (χ0v) is 16.5. The minimum absolute atomic E-state index is 0.126. The standard InChI is InChI=1S/C20H24ClN3O3/c1-14-19(21)15(2)24(22-14)17-9-7-16(8-10-17)20(26)27-13-18(25)23-11-5-3-4-6-12-23/h7-10H,3-6,11-13H2,1-2H3. The molecule has 7 heteroatoms. The van der Waals surface area contributed by atoms with Crippen molar-refractivity contribution in [2.24, 2.45) is 0 Å². The Balaban J connectivity index is 1.60. The van der Waals surface area contributed by atoms with Crippen molar-refractivity contribution in [3.8, 4) is 5.69 Å². The highest BCUT2D eigenvalue weighted by Gasteiger charge is 2.18. The van der Waals surface area contributed by atoms with E-state index in [0.717, 1.165) is 55.8 Å². The predicted molar refractivity (Wildman–Crippen MR) is 103 cm³/mol.